The lowest BCUT2D eigenvalue weighted by molar-refractivity contribution is -0.115. The smallest absolute Gasteiger partial charge is 0.341 e. The van der Waals surface area contributed by atoms with E-state index in [0.29, 0.717) is 22.9 Å². The number of nitrogens with zero attached hydrogens (tertiary/aromatic N) is 3. The van der Waals surface area contributed by atoms with E-state index < -0.39 is 0 Å². The molecule has 0 saturated heterocycles. The molecule has 0 bridgehead atoms. The molecular formula is C20H22N4O3S. The van der Waals surface area contributed by atoms with Gasteiger partial charge in [-0.25, -0.2) is 9.78 Å². The van der Waals surface area contributed by atoms with Crippen LogP contribution in [0.2, 0.25) is 0 Å². The zero-order valence-corrected chi connectivity index (χ0v) is 16.7. The second-order valence-corrected chi connectivity index (χ2v) is 7.94. The Hall–Kier alpha value is -2.71. The number of pyridine rings is 1. The van der Waals surface area contributed by atoms with E-state index in [9.17, 15) is 9.59 Å². The minimum Gasteiger partial charge on any atom is -0.462 e. The second kappa shape index (κ2) is 7.73. The van der Waals surface area contributed by atoms with Gasteiger partial charge in [0.15, 0.2) is 0 Å². The van der Waals surface area contributed by atoms with E-state index >= 15 is 0 Å². The monoisotopic (exact) mass is 398 g/mol. The molecule has 4 heterocycles. The molecule has 1 amide bonds. The molecular weight excluding hydrogens is 376 g/mol. The van der Waals surface area contributed by atoms with Crippen molar-refractivity contribution in [1.29, 1.82) is 0 Å². The molecule has 3 aromatic rings. The molecule has 7 nitrogen and oxygen atoms in total. The molecule has 146 valence electrons. The van der Waals surface area contributed by atoms with Gasteiger partial charge in [0, 0.05) is 30.4 Å². The summed E-state index contributed by atoms with van der Waals surface area (Å²) in [5.41, 5.74) is 3.00. The van der Waals surface area contributed by atoms with Crippen molar-refractivity contribution in [2.24, 2.45) is 0 Å². The first-order chi connectivity index (χ1) is 13.5. The maximum absolute atomic E-state index is 12.7. The lowest BCUT2D eigenvalue weighted by Gasteiger charge is -2.22. The van der Waals surface area contributed by atoms with Crippen molar-refractivity contribution < 1.29 is 14.3 Å². The Bertz CT molecular complexity index is 1010. The number of nitrogens with one attached hydrogen (secondary N) is 1. The van der Waals surface area contributed by atoms with Gasteiger partial charge in [0.2, 0.25) is 5.91 Å². The van der Waals surface area contributed by atoms with Crippen molar-refractivity contribution in [2.45, 2.75) is 26.3 Å². The second-order valence-electron chi connectivity index (χ2n) is 6.84. The van der Waals surface area contributed by atoms with Gasteiger partial charge in [-0.3, -0.25) is 4.79 Å². The zero-order valence-electron chi connectivity index (χ0n) is 15.9. The summed E-state index contributed by atoms with van der Waals surface area (Å²) in [4.78, 5) is 33.0. The van der Waals surface area contributed by atoms with Crippen molar-refractivity contribution in [3.8, 4) is 0 Å². The van der Waals surface area contributed by atoms with Crippen LogP contribution >= 0.6 is 11.3 Å². The Morgan fingerprint density at radius 1 is 1.36 bits per heavy atom. The Morgan fingerprint density at radius 2 is 2.21 bits per heavy atom. The van der Waals surface area contributed by atoms with Gasteiger partial charge in [-0.1, -0.05) is 6.07 Å². The third-order valence-corrected chi connectivity index (χ3v) is 5.87. The number of likely N-dealkylation sites (N-methyl/N-ethyl adjacent to an activating group) is 1. The largest absolute Gasteiger partial charge is 0.462 e. The summed E-state index contributed by atoms with van der Waals surface area (Å²) in [6.07, 6.45) is 4.66. The van der Waals surface area contributed by atoms with Crippen LogP contribution in [-0.4, -0.2) is 46.4 Å². The fourth-order valence-electron chi connectivity index (χ4n) is 3.45. The summed E-state index contributed by atoms with van der Waals surface area (Å²) in [6.45, 7) is 3.74. The predicted octanol–water partition coefficient (Wildman–Crippen LogP) is 2.74. The zero-order chi connectivity index (χ0) is 19.7. The van der Waals surface area contributed by atoms with Gasteiger partial charge in [0.25, 0.3) is 0 Å². The van der Waals surface area contributed by atoms with Gasteiger partial charge in [-0.05, 0) is 38.1 Å². The third-order valence-electron chi connectivity index (χ3n) is 4.74. The van der Waals surface area contributed by atoms with Crippen LogP contribution in [0.5, 0.6) is 0 Å². The Morgan fingerprint density at radius 3 is 3.00 bits per heavy atom. The van der Waals surface area contributed by atoms with Crippen molar-refractivity contribution >= 4 is 33.9 Å². The van der Waals surface area contributed by atoms with E-state index in [1.54, 1.807) is 6.92 Å². The average molecular weight is 398 g/mol. The Kier molecular flexibility index (Phi) is 5.15. The maximum Gasteiger partial charge on any atom is 0.341 e. The van der Waals surface area contributed by atoms with Crippen molar-refractivity contribution in [1.82, 2.24) is 14.3 Å². The van der Waals surface area contributed by atoms with Gasteiger partial charge in [0.1, 0.15) is 10.6 Å². The van der Waals surface area contributed by atoms with E-state index in [-0.39, 0.29) is 18.3 Å². The quantitative estimate of drug-likeness (QED) is 0.669. The number of imidazole rings is 1. The standard InChI is InChI=1S/C20H22N4O3S/c1-3-27-20(26)18-14-7-9-23(2)12-15(14)28-19(18)22-17(25)10-13-11-24-8-5-4-6-16(24)21-13/h4-6,8,11H,3,7,9-10,12H2,1-2H3,(H,22,25). The minimum absolute atomic E-state index is 0.145. The molecule has 1 aliphatic heterocycles. The average Bonchev–Trinajstić information content (AvgIpc) is 3.21. The molecule has 8 heteroatoms. The summed E-state index contributed by atoms with van der Waals surface area (Å²) in [5.74, 6) is -0.562. The predicted molar refractivity (Wildman–Crippen MR) is 108 cm³/mol. The topological polar surface area (TPSA) is 75.9 Å². The number of fused-ring (bicyclic) bond motifs is 2. The highest BCUT2D eigenvalue weighted by Gasteiger charge is 2.28. The van der Waals surface area contributed by atoms with Gasteiger partial charge < -0.3 is 19.4 Å². The maximum atomic E-state index is 12.7. The highest BCUT2D eigenvalue weighted by atomic mass is 32.1. The molecule has 0 aliphatic carbocycles. The van der Waals surface area contributed by atoms with Crippen LogP contribution in [-0.2, 0) is 28.9 Å². The summed E-state index contributed by atoms with van der Waals surface area (Å²) in [7, 11) is 2.05. The fraction of sp³-hybridized carbons (Fsp3) is 0.350. The van der Waals surface area contributed by atoms with Crippen LogP contribution < -0.4 is 5.32 Å². The molecule has 1 aliphatic rings. The van der Waals surface area contributed by atoms with Crippen LogP contribution in [0.25, 0.3) is 5.65 Å². The van der Waals surface area contributed by atoms with Gasteiger partial charge in [-0.15, -0.1) is 11.3 Å². The van der Waals surface area contributed by atoms with Crippen molar-refractivity contribution in [2.75, 3.05) is 25.5 Å². The van der Waals surface area contributed by atoms with Crippen molar-refractivity contribution in [3.05, 3.63) is 52.3 Å². The molecule has 0 unspecified atom stereocenters. The first-order valence-corrected chi connectivity index (χ1v) is 10.1. The first kappa shape index (κ1) is 18.6. The number of hydrogen-bond acceptors (Lipinski definition) is 6. The number of amides is 1. The number of anilines is 1. The number of thiophene rings is 1. The summed E-state index contributed by atoms with van der Waals surface area (Å²) in [5, 5.41) is 3.50. The number of hydrogen-bond donors (Lipinski definition) is 1. The van der Waals surface area contributed by atoms with E-state index in [1.165, 1.54) is 11.3 Å². The lowest BCUT2D eigenvalue weighted by Crippen LogP contribution is -2.26. The number of esters is 1. The Labute approximate surface area is 166 Å². The molecule has 1 N–H and O–H groups in total. The van der Waals surface area contributed by atoms with Crippen molar-refractivity contribution in [3.63, 3.8) is 0 Å². The molecule has 4 rings (SSSR count). The number of ether oxygens (including phenoxy) is 1. The molecule has 28 heavy (non-hydrogen) atoms. The van der Waals surface area contributed by atoms with E-state index in [0.717, 1.165) is 35.6 Å². The van der Waals surface area contributed by atoms with Gasteiger partial charge in [0.05, 0.1) is 24.3 Å². The number of rotatable bonds is 5. The number of carbonyl (C=O) groups excluding carboxylic acids is 2. The molecule has 0 spiro atoms. The van der Waals surface area contributed by atoms with Crippen LogP contribution in [0, 0.1) is 0 Å². The van der Waals surface area contributed by atoms with Crippen LogP contribution in [0.4, 0.5) is 5.00 Å². The molecule has 3 aromatic heterocycles. The third kappa shape index (κ3) is 3.65. The molecule has 0 fully saturated rings. The van der Waals surface area contributed by atoms with Crippen LogP contribution in [0.15, 0.2) is 30.6 Å². The molecule has 0 radical (unpaired) electrons. The van der Waals surface area contributed by atoms with E-state index in [4.69, 9.17) is 4.74 Å². The number of carbonyl (C=O) groups is 2. The summed E-state index contributed by atoms with van der Waals surface area (Å²) >= 11 is 1.46. The molecule has 0 atom stereocenters. The summed E-state index contributed by atoms with van der Waals surface area (Å²) in [6, 6.07) is 5.71. The SMILES string of the molecule is CCOC(=O)c1c(NC(=O)Cc2cn3ccccc3n2)sc2c1CCN(C)C2. The highest BCUT2D eigenvalue weighted by Crippen LogP contribution is 2.37. The highest BCUT2D eigenvalue weighted by molar-refractivity contribution is 7.17. The summed E-state index contributed by atoms with van der Waals surface area (Å²) < 4.78 is 7.13. The lowest BCUT2D eigenvalue weighted by atomic mass is 10.0. The van der Waals surface area contributed by atoms with E-state index in [2.05, 4.69) is 15.2 Å². The van der Waals surface area contributed by atoms with Gasteiger partial charge >= 0.3 is 5.97 Å². The first-order valence-electron chi connectivity index (χ1n) is 9.27. The molecule has 0 saturated carbocycles. The number of aromatic nitrogens is 2. The Balaban J connectivity index is 1.57. The minimum atomic E-state index is -0.368. The normalized spacial score (nSPS) is 14.1. The fourth-order valence-corrected chi connectivity index (χ4v) is 4.78. The van der Waals surface area contributed by atoms with Crippen LogP contribution in [0.3, 0.4) is 0 Å². The van der Waals surface area contributed by atoms with E-state index in [1.807, 2.05) is 42.0 Å². The molecule has 0 aromatic carbocycles. The van der Waals surface area contributed by atoms with Crippen LogP contribution in [0.1, 0.15) is 33.4 Å². The van der Waals surface area contributed by atoms with Gasteiger partial charge in [-0.2, -0.15) is 0 Å².